The second-order valence-corrected chi connectivity index (χ2v) is 12.3. The molecule has 0 atom stereocenters. The molecule has 39 heavy (non-hydrogen) atoms. The maximum Gasteiger partial charge on any atom is 0.160 e. The molecule has 0 amide bonds. The lowest BCUT2D eigenvalue weighted by Crippen LogP contribution is -1.97. The van der Waals surface area contributed by atoms with Gasteiger partial charge in [0.1, 0.15) is 0 Å². The average Bonchev–Trinajstić information content (AvgIpc) is 3.00. The van der Waals surface area contributed by atoms with Crippen LogP contribution in [0.3, 0.4) is 0 Å². The van der Waals surface area contributed by atoms with Crippen molar-refractivity contribution >= 4 is 39.5 Å². The van der Waals surface area contributed by atoms with E-state index in [4.69, 9.17) is 9.97 Å². The Morgan fingerprint density at radius 1 is 0.410 bits per heavy atom. The van der Waals surface area contributed by atoms with Crippen LogP contribution in [-0.4, -0.2) is 9.97 Å². The summed E-state index contributed by atoms with van der Waals surface area (Å²) in [6.45, 7) is 0. The van der Waals surface area contributed by atoms with Crippen molar-refractivity contribution in [3.8, 4) is 45.0 Å². The Labute approximate surface area is 244 Å². The fourth-order valence-electron chi connectivity index (χ4n) is 4.66. The summed E-state index contributed by atoms with van der Waals surface area (Å²) >= 11 is 7.24. The molecule has 5 aromatic carbocycles. The van der Waals surface area contributed by atoms with Crippen molar-refractivity contribution in [3.05, 3.63) is 132 Å². The van der Waals surface area contributed by atoms with Crippen molar-refractivity contribution in [1.29, 1.82) is 0 Å². The summed E-state index contributed by atoms with van der Waals surface area (Å²) in [5, 5.41) is 0. The summed E-state index contributed by atoms with van der Waals surface area (Å²) in [6, 6.07) is 44.5. The van der Waals surface area contributed by atoms with E-state index < -0.39 is 0 Å². The van der Waals surface area contributed by atoms with Crippen LogP contribution in [-0.2, 0) is 0 Å². The minimum Gasteiger partial charge on any atom is -0.228 e. The molecule has 2 nitrogen and oxygen atoms in total. The molecule has 0 aliphatic carbocycles. The third-order valence-corrected chi connectivity index (χ3v) is 9.63. The van der Waals surface area contributed by atoms with Crippen LogP contribution >= 0.6 is 39.5 Å². The molecule has 6 aromatic rings. The second-order valence-electron chi connectivity index (χ2n) is 9.23. The van der Waals surface area contributed by atoms with Crippen LogP contribution in [0.15, 0.2) is 151 Å². The predicted molar refractivity (Wildman–Crippen MR) is 166 cm³/mol. The van der Waals surface area contributed by atoms with Gasteiger partial charge in [0.2, 0.25) is 0 Å². The molecule has 5 heteroatoms. The average molecular weight is 602 g/mol. The lowest BCUT2D eigenvalue weighted by atomic mass is 10.0. The minimum absolute atomic E-state index is 0.725. The van der Waals surface area contributed by atoms with Gasteiger partial charge in [0.05, 0.1) is 11.4 Å². The summed E-state index contributed by atoms with van der Waals surface area (Å²) in [4.78, 5) is 15.2. The van der Waals surface area contributed by atoms with E-state index >= 15 is 0 Å². The predicted octanol–water partition coefficient (Wildman–Crippen LogP) is 10.5. The van der Waals surface area contributed by atoms with Gasteiger partial charge in [-0.3, -0.25) is 0 Å². The van der Waals surface area contributed by atoms with Crippen molar-refractivity contribution in [2.75, 3.05) is 0 Å². The highest BCUT2D eigenvalue weighted by Crippen LogP contribution is 2.50. The molecule has 2 heterocycles. The molecule has 0 radical (unpaired) electrons. The molecule has 0 bridgehead atoms. The van der Waals surface area contributed by atoms with Crippen LogP contribution in [0.4, 0.5) is 0 Å². The van der Waals surface area contributed by atoms with Gasteiger partial charge in [-0.2, -0.15) is 0 Å². The Bertz CT molecular complexity index is 1820. The van der Waals surface area contributed by atoms with Gasteiger partial charge in [-0.05, 0) is 53.6 Å². The van der Waals surface area contributed by atoms with Gasteiger partial charge in [-0.1, -0.05) is 124 Å². The van der Waals surface area contributed by atoms with Crippen LogP contribution in [0.5, 0.6) is 0 Å². The molecule has 1 aliphatic heterocycles. The smallest absolute Gasteiger partial charge is 0.160 e. The molecular weight excluding hydrogens is 580 g/mol. The maximum absolute atomic E-state index is 5.05. The molecule has 1 aromatic heterocycles. The Hall–Kier alpha value is -3.64. The van der Waals surface area contributed by atoms with Gasteiger partial charge in [0.25, 0.3) is 0 Å². The zero-order valence-electron chi connectivity index (χ0n) is 20.7. The van der Waals surface area contributed by atoms with E-state index in [9.17, 15) is 0 Å². The number of fused-ring (bicyclic) bond motifs is 2. The van der Waals surface area contributed by atoms with E-state index in [1.54, 1.807) is 0 Å². The highest BCUT2D eigenvalue weighted by atomic mass is 79.9. The van der Waals surface area contributed by atoms with Crippen molar-refractivity contribution in [3.63, 3.8) is 0 Å². The van der Waals surface area contributed by atoms with Crippen LogP contribution in [0.1, 0.15) is 0 Å². The fraction of sp³-hybridized carbons (Fsp3) is 0. The molecular formula is C34H21BrN2S2. The van der Waals surface area contributed by atoms with E-state index in [1.807, 2.05) is 47.8 Å². The SMILES string of the molecule is Brc1ccc2c(c1)Sc1ccc(-c3cc(-c4cccc(-c5ccccc5)c4)nc(-c4ccccc4)n3)cc1S2. The Morgan fingerprint density at radius 2 is 0.974 bits per heavy atom. The van der Waals surface area contributed by atoms with E-state index in [0.717, 1.165) is 38.4 Å². The summed E-state index contributed by atoms with van der Waals surface area (Å²) < 4.78 is 1.10. The third kappa shape index (κ3) is 5.06. The van der Waals surface area contributed by atoms with E-state index in [2.05, 4.69) is 119 Å². The Kier molecular flexibility index (Phi) is 6.57. The molecule has 186 valence electrons. The lowest BCUT2D eigenvalue weighted by Gasteiger charge is -2.19. The summed E-state index contributed by atoms with van der Waals surface area (Å²) in [6.07, 6.45) is 0. The van der Waals surface area contributed by atoms with Gasteiger partial charge >= 0.3 is 0 Å². The topological polar surface area (TPSA) is 25.8 Å². The molecule has 0 fully saturated rings. The summed E-state index contributed by atoms with van der Waals surface area (Å²) in [7, 11) is 0. The molecule has 0 saturated carbocycles. The number of aromatic nitrogens is 2. The van der Waals surface area contributed by atoms with Crippen molar-refractivity contribution in [2.45, 2.75) is 19.6 Å². The summed E-state index contributed by atoms with van der Waals surface area (Å²) in [5.41, 5.74) is 7.34. The van der Waals surface area contributed by atoms with Gasteiger partial charge in [-0.25, -0.2) is 9.97 Å². The summed E-state index contributed by atoms with van der Waals surface area (Å²) in [5.74, 6) is 0.725. The monoisotopic (exact) mass is 600 g/mol. The number of halogens is 1. The van der Waals surface area contributed by atoms with Crippen LogP contribution in [0.2, 0.25) is 0 Å². The zero-order valence-corrected chi connectivity index (χ0v) is 23.9. The van der Waals surface area contributed by atoms with Gasteiger partial charge < -0.3 is 0 Å². The van der Waals surface area contributed by atoms with Gasteiger partial charge in [0.15, 0.2) is 5.82 Å². The first-order valence-electron chi connectivity index (χ1n) is 12.6. The number of hydrogen-bond acceptors (Lipinski definition) is 4. The normalized spacial score (nSPS) is 12.0. The minimum atomic E-state index is 0.725. The largest absolute Gasteiger partial charge is 0.228 e. The van der Waals surface area contributed by atoms with Crippen molar-refractivity contribution < 1.29 is 0 Å². The molecule has 0 saturated heterocycles. The maximum atomic E-state index is 5.05. The number of rotatable bonds is 4. The molecule has 0 N–H and O–H groups in total. The Balaban J connectivity index is 1.33. The first-order chi connectivity index (χ1) is 19.2. The van der Waals surface area contributed by atoms with Crippen molar-refractivity contribution in [2.24, 2.45) is 0 Å². The standard InChI is InChI=1S/C34H21BrN2S2/c35-27-15-17-31-33(20-27)39-30-16-14-26(19-32(30)38-31)29-21-28(36-34(37-29)23-10-5-2-6-11-23)25-13-7-12-24(18-25)22-8-3-1-4-9-22/h1-21H. The van der Waals surface area contributed by atoms with E-state index in [1.165, 1.54) is 30.7 Å². The van der Waals surface area contributed by atoms with Gasteiger partial charge in [-0.15, -0.1) is 0 Å². The highest BCUT2D eigenvalue weighted by Gasteiger charge is 2.19. The fourth-order valence-corrected chi connectivity index (χ4v) is 7.45. The van der Waals surface area contributed by atoms with Gasteiger partial charge in [0, 0.05) is 40.7 Å². The first kappa shape index (κ1) is 24.4. The number of hydrogen-bond donors (Lipinski definition) is 0. The second kappa shape index (κ2) is 10.5. The van der Waals surface area contributed by atoms with Crippen LogP contribution in [0.25, 0.3) is 45.0 Å². The molecule has 1 aliphatic rings. The van der Waals surface area contributed by atoms with Crippen molar-refractivity contribution in [1.82, 2.24) is 9.97 Å². The third-order valence-electron chi connectivity index (χ3n) is 6.61. The zero-order chi connectivity index (χ0) is 26.2. The molecule has 0 spiro atoms. The number of benzene rings is 5. The first-order valence-corrected chi connectivity index (χ1v) is 15.0. The lowest BCUT2D eigenvalue weighted by molar-refractivity contribution is 1.14. The number of nitrogens with zero attached hydrogens (tertiary/aromatic N) is 2. The quantitative estimate of drug-likeness (QED) is 0.201. The van der Waals surface area contributed by atoms with Crippen LogP contribution < -0.4 is 0 Å². The highest BCUT2D eigenvalue weighted by molar-refractivity contribution is 9.10. The molecule has 0 unspecified atom stereocenters. The Morgan fingerprint density at radius 3 is 1.69 bits per heavy atom. The van der Waals surface area contributed by atoms with E-state index in [0.29, 0.717) is 0 Å². The van der Waals surface area contributed by atoms with Crippen LogP contribution in [0, 0.1) is 0 Å². The van der Waals surface area contributed by atoms with E-state index in [-0.39, 0.29) is 0 Å². The molecule has 7 rings (SSSR count).